The zero-order valence-electron chi connectivity index (χ0n) is 37.3. The predicted molar refractivity (Wildman–Crippen MR) is 229 cm³/mol. The Hall–Kier alpha value is -7.03. The van der Waals surface area contributed by atoms with E-state index in [4.69, 9.17) is 20.4 Å². The lowest BCUT2D eigenvalue weighted by Gasteiger charge is -2.19. The zero-order chi connectivity index (χ0) is 47.6. The van der Waals surface area contributed by atoms with Crippen molar-refractivity contribution in [2.45, 2.75) is 93.3 Å². The maximum atomic E-state index is 13.8. The van der Waals surface area contributed by atoms with Crippen molar-refractivity contribution in [3.05, 3.63) is 99.3 Å². The molecule has 0 fully saturated rings. The van der Waals surface area contributed by atoms with E-state index in [1.165, 1.54) is 0 Å². The molecule has 64 heavy (non-hydrogen) atoms. The number of carboxylic acids is 1. The molecule has 0 saturated carbocycles. The van der Waals surface area contributed by atoms with Gasteiger partial charge in [-0.3, -0.25) is 23.7 Å². The van der Waals surface area contributed by atoms with Crippen LogP contribution >= 0.6 is 0 Å². The van der Waals surface area contributed by atoms with Gasteiger partial charge in [-0.05, 0) is 97.9 Å². The summed E-state index contributed by atoms with van der Waals surface area (Å²) in [4.78, 5) is 58.0. The first-order chi connectivity index (χ1) is 29.9. The number of rotatable bonds is 12. The summed E-state index contributed by atoms with van der Waals surface area (Å²) in [5.74, 6) is -3.69. The molecule has 0 aliphatic heterocycles. The number of imidazole rings is 2. The highest BCUT2D eigenvalue weighted by molar-refractivity contribution is 5.97. The van der Waals surface area contributed by atoms with E-state index in [0.717, 1.165) is 22.2 Å². The number of allylic oxidation sites excluding steroid dienone is 2. The number of aryl methyl sites for hydroxylation is 6. The fourth-order valence-corrected chi connectivity index (χ4v) is 6.92. The summed E-state index contributed by atoms with van der Waals surface area (Å²) in [7, 11) is 3.64. The second-order valence-corrected chi connectivity index (χ2v) is 15.9. The molecule has 0 radical (unpaired) electrons. The lowest BCUT2D eigenvalue weighted by atomic mass is 10.1. The third kappa shape index (κ3) is 10.4. The fourth-order valence-electron chi connectivity index (χ4n) is 6.92. The van der Waals surface area contributed by atoms with Crippen molar-refractivity contribution >= 4 is 45.8 Å². The molecule has 0 aliphatic carbocycles. The van der Waals surface area contributed by atoms with E-state index in [1.54, 1.807) is 65.2 Å². The van der Waals surface area contributed by atoms with Crippen LogP contribution in [0.25, 0.3) is 22.1 Å². The van der Waals surface area contributed by atoms with E-state index < -0.39 is 35.5 Å². The Morgan fingerprint density at radius 1 is 0.766 bits per heavy atom. The number of carboxylic acid groups (broad SMARTS) is 1. The number of hydrogen-bond donors (Lipinski definition) is 3. The van der Waals surface area contributed by atoms with Gasteiger partial charge in [0.15, 0.2) is 0 Å². The van der Waals surface area contributed by atoms with Gasteiger partial charge in [0.1, 0.15) is 29.3 Å². The van der Waals surface area contributed by atoms with E-state index >= 15 is 0 Å². The topological polar surface area (TPSA) is 224 Å². The number of carbonyl (C=O) groups is 4. The molecule has 4 heterocycles. The van der Waals surface area contributed by atoms with Gasteiger partial charge in [-0.25, -0.2) is 4.79 Å². The number of hydrogen-bond acceptors (Lipinski definition) is 8. The lowest BCUT2D eigenvalue weighted by Crippen LogP contribution is -2.29. The molecule has 4 N–H and O–H groups in total. The molecule has 0 aliphatic rings. The van der Waals surface area contributed by atoms with Crippen molar-refractivity contribution < 1.29 is 47.3 Å². The number of aromatic nitrogens is 8. The normalized spacial score (nSPS) is 13.0. The summed E-state index contributed by atoms with van der Waals surface area (Å²) in [6.45, 7) is 16.5. The Balaban J connectivity index is 0.00000102. The smallest absolute Gasteiger partial charge is 0.488 e. The number of para-hydroxylation sites is 1. The van der Waals surface area contributed by atoms with Crippen molar-refractivity contribution in [2.75, 3.05) is 6.61 Å². The van der Waals surface area contributed by atoms with Crippen molar-refractivity contribution in [3.63, 3.8) is 0 Å². The molecule has 0 atom stereocenters. The van der Waals surface area contributed by atoms with E-state index in [0.29, 0.717) is 82.5 Å². The molecule has 0 unspecified atom stereocenters. The van der Waals surface area contributed by atoms with Gasteiger partial charge in [-0.2, -0.15) is 33.4 Å². The number of nitrogens with two attached hydrogens (primary N) is 1. The van der Waals surface area contributed by atoms with Crippen molar-refractivity contribution in [2.24, 2.45) is 29.8 Å². The predicted octanol–water partition coefficient (Wildman–Crippen LogP) is 4.72. The molecule has 0 spiro atoms. The molecular weight excluding hydrogens is 840 g/mol. The molecule has 18 nitrogen and oxygen atoms in total. The summed E-state index contributed by atoms with van der Waals surface area (Å²) in [5, 5.41) is 26.6. The molecule has 0 bridgehead atoms. The van der Waals surface area contributed by atoms with Gasteiger partial charge < -0.3 is 39.0 Å². The van der Waals surface area contributed by atoms with Crippen LogP contribution in [-0.2, 0) is 45.1 Å². The number of primary amides is 1. The number of nitrogens with zero attached hydrogens (tertiary/aromatic N) is 10. The summed E-state index contributed by atoms with van der Waals surface area (Å²) in [6.07, 6.45) is -5.08. The van der Waals surface area contributed by atoms with Crippen LogP contribution in [0.5, 0.6) is 5.75 Å². The average Bonchev–Trinajstić information content (AvgIpc) is 3.94. The average molecular weight is 892 g/mol. The van der Waals surface area contributed by atoms with Crippen LogP contribution in [-0.4, -0.2) is 90.1 Å². The van der Waals surface area contributed by atoms with Crippen LogP contribution in [0.3, 0.4) is 0 Å². The Morgan fingerprint density at radius 3 is 1.72 bits per heavy atom. The van der Waals surface area contributed by atoms with Crippen LogP contribution in [0.2, 0.25) is 0 Å². The number of benzene rings is 2. The molecular formula is C43H52F3N11O7. The zero-order valence-corrected chi connectivity index (χ0v) is 37.3. The van der Waals surface area contributed by atoms with Gasteiger partial charge in [-0.15, -0.1) is 0 Å². The van der Waals surface area contributed by atoms with Crippen molar-refractivity contribution in [1.29, 1.82) is 0 Å². The van der Waals surface area contributed by atoms with Crippen LogP contribution in [0.4, 0.5) is 13.2 Å². The highest BCUT2D eigenvalue weighted by Gasteiger charge is 2.38. The van der Waals surface area contributed by atoms with Gasteiger partial charge >= 0.3 is 12.1 Å². The highest BCUT2D eigenvalue weighted by atomic mass is 19.4. The highest BCUT2D eigenvalue weighted by Crippen LogP contribution is 2.27. The van der Waals surface area contributed by atoms with Crippen LogP contribution in [0, 0.1) is 13.8 Å². The summed E-state index contributed by atoms with van der Waals surface area (Å²) in [6, 6.07) is 14.2. The van der Waals surface area contributed by atoms with Crippen molar-refractivity contribution in [3.8, 4) is 5.75 Å². The SMILES string of the molecule is CCn1nc(C)cc1C(=O)N=c1n(C)c2cc(C(N)=O)ccc2n1C/C(C)=C(\C)Cn1c(=NC(=O)c2cc(C)nn2CC)n(C)c2cccc(OCC(C)(C)O)c21.O=C(O)C(F)(F)F. The fraction of sp³-hybridized carbons (Fsp3) is 0.395. The molecule has 2 aromatic carbocycles. The number of amides is 3. The molecule has 342 valence electrons. The van der Waals surface area contributed by atoms with E-state index in [1.807, 2.05) is 80.5 Å². The van der Waals surface area contributed by atoms with Gasteiger partial charge in [0.25, 0.3) is 11.8 Å². The first-order valence-electron chi connectivity index (χ1n) is 20.1. The molecule has 0 saturated heterocycles. The Kier molecular flexibility index (Phi) is 14.1. The maximum absolute atomic E-state index is 13.8. The minimum absolute atomic E-state index is 0.0357. The first kappa shape index (κ1) is 48.0. The standard InChI is InChI=1S/C41H51N11O5.C2HF3O2/c1-11-51-32(18-26(5)45-51)37(54)43-39-48(10)31-20-28(36(42)53)16-17-29(31)49(39)21-24(3)25(4)22-50-35-30(14-13-15-34(35)57-23-41(7,8)56)47(9)40(50)44-38(55)33-19-27(6)46-52(33)12-2;3-2(4,5)1(6)7/h13-20,56H,11-12,21-23H2,1-10H3,(H2,42,53);(H,6,7)/b25-24+,43-39?,44-40?;. The molecule has 21 heteroatoms. The monoisotopic (exact) mass is 891 g/mol. The van der Waals surface area contributed by atoms with Gasteiger partial charge in [-0.1, -0.05) is 17.2 Å². The van der Waals surface area contributed by atoms with Crippen molar-refractivity contribution in [1.82, 2.24) is 37.8 Å². The minimum atomic E-state index is -5.08. The summed E-state index contributed by atoms with van der Waals surface area (Å²) < 4.78 is 48.7. The number of fused-ring (bicyclic) bond motifs is 2. The van der Waals surface area contributed by atoms with E-state index in [9.17, 15) is 32.7 Å². The number of alkyl halides is 3. The van der Waals surface area contributed by atoms with Gasteiger partial charge in [0.05, 0.1) is 33.5 Å². The number of ether oxygens (including phenoxy) is 1. The lowest BCUT2D eigenvalue weighted by molar-refractivity contribution is -0.192. The molecule has 3 amide bonds. The Bertz CT molecular complexity index is 2970. The second-order valence-electron chi connectivity index (χ2n) is 15.9. The number of aliphatic hydroxyl groups is 1. The van der Waals surface area contributed by atoms with Gasteiger partial charge in [0, 0.05) is 45.8 Å². The number of carbonyl (C=O) groups excluding carboxylic acids is 3. The first-order valence-corrected chi connectivity index (χ1v) is 20.1. The number of halogens is 3. The minimum Gasteiger partial charge on any atom is -0.488 e. The third-order valence-electron chi connectivity index (χ3n) is 10.2. The largest absolute Gasteiger partial charge is 0.490 e. The van der Waals surface area contributed by atoms with Crippen LogP contribution < -0.4 is 21.7 Å². The van der Waals surface area contributed by atoms with E-state index in [-0.39, 0.29) is 6.61 Å². The molecule has 6 aromatic rings. The molecule has 6 rings (SSSR count). The number of aliphatic carboxylic acids is 1. The van der Waals surface area contributed by atoms with Gasteiger partial charge in [0.2, 0.25) is 17.1 Å². The second kappa shape index (κ2) is 18.8. The van der Waals surface area contributed by atoms with E-state index in [2.05, 4.69) is 20.2 Å². The molecule has 4 aromatic heterocycles. The summed E-state index contributed by atoms with van der Waals surface area (Å²) in [5.41, 5.74) is 12.6. The quantitative estimate of drug-likeness (QED) is 0.144. The maximum Gasteiger partial charge on any atom is 0.490 e. The Morgan fingerprint density at radius 2 is 1.25 bits per heavy atom. The van der Waals surface area contributed by atoms with Crippen LogP contribution in [0.1, 0.15) is 84.3 Å². The van der Waals surface area contributed by atoms with Crippen LogP contribution in [0.15, 0.2) is 69.7 Å². The Labute approximate surface area is 365 Å². The third-order valence-corrected chi connectivity index (χ3v) is 10.2. The summed E-state index contributed by atoms with van der Waals surface area (Å²) >= 11 is 0.